The normalized spacial score (nSPS) is 11.5. The Kier molecular flexibility index (Phi) is 4.65. The second-order valence-corrected chi connectivity index (χ2v) is 3.31. The highest BCUT2D eigenvalue weighted by Crippen LogP contribution is 2.17. The predicted octanol–water partition coefficient (Wildman–Crippen LogP) is 2.72. The van der Waals surface area contributed by atoms with Gasteiger partial charge in [-0.2, -0.15) is 0 Å². The fourth-order valence-electron chi connectivity index (χ4n) is 1.12. The van der Waals surface area contributed by atoms with Gasteiger partial charge in [-0.15, -0.1) is 13.2 Å². The summed E-state index contributed by atoms with van der Waals surface area (Å²) in [6, 6.07) is 8.67. The Bertz CT molecular complexity index is 449. The summed E-state index contributed by atoms with van der Waals surface area (Å²) in [4.78, 5) is 21.8. The van der Waals surface area contributed by atoms with Crippen molar-refractivity contribution in [3.05, 3.63) is 42.0 Å². The molecule has 0 heterocycles. The second-order valence-electron chi connectivity index (χ2n) is 3.31. The molecule has 0 aliphatic rings. The lowest BCUT2D eigenvalue weighted by Gasteiger charge is -2.05. The van der Waals surface area contributed by atoms with Crippen LogP contribution in [0.3, 0.4) is 0 Å². The number of halogens is 3. The van der Waals surface area contributed by atoms with Gasteiger partial charge in [0.25, 0.3) is 0 Å². The van der Waals surface area contributed by atoms with Crippen LogP contribution < -0.4 is 0 Å². The van der Waals surface area contributed by atoms with Crippen molar-refractivity contribution >= 4 is 17.8 Å². The van der Waals surface area contributed by atoms with Crippen molar-refractivity contribution in [1.29, 1.82) is 0 Å². The number of carbonyl (C=O) groups excluding carboxylic acids is 2. The third-order valence-electron chi connectivity index (χ3n) is 1.81. The Morgan fingerprint density at radius 2 is 1.78 bits per heavy atom. The molecule has 96 valence electrons. The minimum atomic E-state index is -5.06. The van der Waals surface area contributed by atoms with Crippen LogP contribution in [-0.4, -0.2) is 18.1 Å². The molecule has 0 aliphatic heterocycles. The maximum absolute atomic E-state index is 11.6. The van der Waals surface area contributed by atoms with Crippen molar-refractivity contribution in [1.82, 2.24) is 0 Å². The highest BCUT2D eigenvalue weighted by Gasteiger charge is 2.34. The summed E-state index contributed by atoms with van der Waals surface area (Å²) in [6.45, 7) is 0. The molecule has 0 aliphatic carbocycles. The molecule has 0 spiro atoms. The topological polar surface area (TPSA) is 43.4 Å². The summed E-state index contributed by atoms with van der Waals surface area (Å²) >= 11 is 0. The maximum atomic E-state index is 11.6. The first-order valence-corrected chi connectivity index (χ1v) is 4.91. The Balaban J connectivity index is 2.47. The lowest BCUT2D eigenvalue weighted by atomic mass is 10.2. The van der Waals surface area contributed by atoms with E-state index in [1.807, 2.05) is 0 Å². The molecule has 6 heteroatoms. The number of alkyl halides is 3. The number of carbonyl (C=O) groups is 2. The number of ether oxygens (including phenoxy) is 1. The van der Waals surface area contributed by atoms with E-state index < -0.39 is 24.5 Å². The van der Waals surface area contributed by atoms with Gasteiger partial charge in [-0.05, 0) is 11.6 Å². The van der Waals surface area contributed by atoms with E-state index in [0.717, 1.165) is 6.08 Å². The molecule has 0 fully saturated rings. The van der Waals surface area contributed by atoms with Gasteiger partial charge in [-0.3, -0.25) is 9.59 Å². The van der Waals surface area contributed by atoms with E-state index in [4.69, 9.17) is 0 Å². The highest BCUT2D eigenvalue weighted by atomic mass is 19.4. The number of rotatable bonds is 4. The lowest BCUT2D eigenvalue weighted by molar-refractivity contribution is -0.305. The summed E-state index contributed by atoms with van der Waals surface area (Å²) in [5, 5.41) is 0. The van der Waals surface area contributed by atoms with Gasteiger partial charge in [-0.25, -0.2) is 0 Å². The first kappa shape index (κ1) is 14.0. The van der Waals surface area contributed by atoms with Crippen LogP contribution in [0.5, 0.6) is 0 Å². The first-order valence-electron chi connectivity index (χ1n) is 4.91. The summed E-state index contributed by atoms with van der Waals surface area (Å²) in [5.41, 5.74) is 0.704. The monoisotopic (exact) mass is 258 g/mol. The minimum Gasteiger partial charge on any atom is -0.373 e. The Morgan fingerprint density at radius 1 is 1.17 bits per heavy atom. The SMILES string of the molecule is O=C(C=Cc1ccccc1)CC(=O)OC(F)(F)F. The van der Waals surface area contributed by atoms with Crippen molar-refractivity contribution in [2.75, 3.05) is 0 Å². The van der Waals surface area contributed by atoms with Gasteiger partial charge in [0.15, 0.2) is 5.78 Å². The summed E-state index contributed by atoms with van der Waals surface area (Å²) in [6.07, 6.45) is -3.56. The Labute approximate surface area is 101 Å². The van der Waals surface area contributed by atoms with E-state index >= 15 is 0 Å². The van der Waals surface area contributed by atoms with Gasteiger partial charge >= 0.3 is 12.3 Å². The van der Waals surface area contributed by atoms with Crippen LogP contribution in [-0.2, 0) is 14.3 Å². The van der Waals surface area contributed by atoms with Crippen molar-refractivity contribution in [3.63, 3.8) is 0 Å². The van der Waals surface area contributed by atoms with Crippen LogP contribution in [0.2, 0.25) is 0 Å². The number of ketones is 1. The second kappa shape index (κ2) is 6.00. The van der Waals surface area contributed by atoms with E-state index in [0.29, 0.717) is 5.56 Å². The number of benzene rings is 1. The molecule has 1 rings (SSSR count). The molecular weight excluding hydrogens is 249 g/mol. The smallest absolute Gasteiger partial charge is 0.373 e. The predicted molar refractivity (Wildman–Crippen MR) is 57.2 cm³/mol. The number of allylic oxidation sites excluding steroid dienone is 1. The van der Waals surface area contributed by atoms with Gasteiger partial charge in [0.05, 0.1) is 0 Å². The average Bonchev–Trinajstić information content (AvgIpc) is 2.25. The van der Waals surface area contributed by atoms with Gasteiger partial charge in [0, 0.05) is 0 Å². The van der Waals surface area contributed by atoms with Crippen LogP contribution in [0.15, 0.2) is 36.4 Å². The van der Waals surface area contributed by atoms with Gasteiger partial charge in [0.1, 0.15) is 6.42 Å². The van der Waals surface area contributed by atoms with Crippen LogP contribution in [0.25, 0.3) is 6.08 Å². The quantitative estimate of drug-likeness (QED) is 0.474. The zero-order chi connectivity index (χ0) is 13.6. The molecule has 0 N–H and O–H groups in total. The van der Waals surface area contributed by atoms with E-state index in [1.165, 1.54) is 6.08 Å². The maximum Gasteiger partial charge on any atom is 0.575 e. The molecule has 3 nitrogen and oxygen atoms in total. The van der Waals surface area contributed by atoms with Crippen molar-refractivity contribution in [2.45, 2.75) is 12.8 Å². The Hall–Kier alpha value is -2.11. The standard InChI is InChI=1S/C12H9F3O3/c13-12(14,15)18-11(17)8-10(16)7-6-9-4-2-1-3-5-9/h1-7H,8H2. The largest absolute Gasteiger partial charge is 0.575 e. The molecule has 0 aromatic heterocycles. The van der Waals surface area contributed by atoms with Gasteiger partial charge in [-0.1, -0.05) is 36.4 Å². The van der Waals surface area contributed by atoms with E-state index in [2.05, 4.69) is 4.74 Å². The molecule has 0 saturated heterocycles. The van der Waals surface area contributed by atoms with Crippen molar-refractivity contribution < 1.29 is 27.5 Å². The number of hydrogen-bond donors (Lipinski definition) is 0. The molecule has 0 atom stereocenters. The summed E-state index contributed by atoms with van der Waals surface area (Å²) < 4.78 is 38.0. The van der Waals surface area contributed by atoms with Gasteiger partial charge in [0.2, 0.25) is 0 Å². The highest BCUT2D eigenvalue weighted by molar-refractivity contribution is 6.03. The first-order chi connectivity index (χ1) is 8.37. The summed E-state index contributed by atoms with van der Waals surface area (Å²) in [7, 11) is 0. The summed E-state index contributed by atoms with van der Waals surface area (Å²) in [5.74, 6) is -2.38. The van der Waals surface area contributed by atoms with Gasteiger partial charge < -0.3 is 4.74 Å². The van der Waals surface area contributed by atoms with Crippen LogP contribution in [0.4, 0.5) is 13.2 Å². The molecule has 0 amide bonds. The number of esters is 1. The molecule has 0 unspecified atom stereocenters. The molecular formula is C12H9F3O3. The molecule has 0 bridgehead atoms. The van der Waals surface area contributed by atoms with E-state index in [-0.39, 0.29) is 0 Å². The zero-order valence-electron chi connectivity index (χ0n) is 9.11. The Morgan fingerprint density at radius 3 is 2.33 bits per heavy atom. The third kappa shape index (κ3) is 5.83. The zero-order valence-corrected chi connectivity index (χ0v) is 9.11. The minimum absolute atomic E-state index is 0.704. The number of hydrogen-bond acceptors (Lipinski definition) is 3. The molecule has 18 heavy (non-hydrogen) atoms. The van der Waals surface area contributed by atoms with Crippen LogP contribution in [0, 0.1) is 0 Å². The van der Waals surface area contributed by atoms with E-state index in [9.17, 15) is 22.8 Å². The fourth-order valence-corrected chi connectivity index (χ4v) is 1.12. The third-order valence-corrected chi connectivity index (χ3v) is 1.81. The fraction of sp³-hybridized carbons (Fsp3) is 0.167. The molecule has 1 aromatic rings. The average molecular weight is 258 g/mol. The molecule has 1 aromatic carbocycles. The van der Waals surface area contributed by atoms with Crippen molar-refractivity contribution in [2.24, 2.45) is 0 Å². The van der Waals surface area contributed by atoms with Crippen LogP contribution >= 0.6 is 0 Å². The lowest BCUT2D eigenvalue weighted by Crippen LogP contribution is -2.20. The molecule has 0 radical (unpaired) electrons. The van der Waals surface area contributed by atoms with E-state index in [1.54, 1.807) is 30.3 Å². The van der Waals surface area contributed by atoms with Crippen molar-refractivity contribution in [3.8, 4) is 0 Å². The van der Waals surface area contributed by atoms with Crippen LogP contribution in [0.1, 0.15) is 12.0 Å². The molecule has 0 saturated carbocycles.